The summed E-state index contributed by atoms with van der Waals surface area (Å²) in [7, 11) is 1.83. The number of nitrogens with one attached hydrogen (secondary N) is 1. The van der Waals surface area contributed by atoms with E-state index in [2.05, 4.69) is 17.2 Å². The Bertz CT molecular complexity index is 363. The van der Waals surface area contributed by atoms with Crippen molar-refractivity contribution in [1.82, 2.24) is 5.32 Å². The van der Waals surface area contributed by atoms with Crippen molar-refractivity contribution >= 4 is 0 Å². The van der Waals surface area contributed by atoms with Gasteiger partial charge in [-0.1, -0.05) is 30.0 Å². The van der Waals surface area contributed by atoms with E-state index < -0.39 is 6.43 Å². The fraction of sp³-hybridized carbons (Fsp3) is 0.333. The highest BCUT2D eigenvalue weighted by Gasteiger charge is 2.09. The van der Waals surface area contributed by atoms with Gasteiger partial charge in [0.25, 0.3) is 6.43 Å². The zero-order valence-corrected chi connectivity index (χ0v) is 8.56. The summed E-state index contributed by atoms with van der Waals surface area (Å²) in [6, 6.07) is 6.34. The maximum atomic E-state index is 12.5. The first-order valence-electron chi connectivity index (χ1n) is 4.76. The molecular weight excluding hydrogens is 196 g/mol. The molecule has 0 saturated heterocycles. The van der Waals surface area contributed by atoms with E-state index in [1.54, 1.807) is 18.2 Å². The molecule has 1 rings (SSSR count). The monoisotopic (exact) mass is 209 g/mol. The van der Waals surface area contributed by atoms with Gasteiger partial charge in [-0.25, -0.2) is 8.78 Å². The zero-order chi connectivity index (χ0) is 11.1. The third-order valence-corrected chi connectivity index (χ3v) is 1.92. The Kier molecular flexibility index (Phi) is 4.79. The predicted octanol–water partition coefficient (Wildman–Crippen LogP) is 2.59. The standard InChI is InChI=1S/C12H13F2N/c1-15-9-5-4-7-10-6-2-3-8-11(10)12(13)14/h2-3,6,8,12,15H,5,9H2,1H3. The molecule has 0 unspecified atom stereocenters. The maximum Gasteiger partial charge on any atom is 0.265 e. The van der Waals surface area contributed by atoms with Gasteiger partial charge in [-0.15, -0.1) is 0 Å². The van der Waals surface area contributed by atoms with Crippen molar-refractivity contribution < 1.29 is 8.78 Å². The Hall–Kier alpha value is -1.40. The lowest BCUT2D eigenvalue weighted by Crippen LogP contribution is -2.05. The summed E-state index contributed by atoms with van der Waals surface area (Å²) < 4.78 is 25.0. The van der Waals surface area contributed by atoms with Crippen LogP contribution in [0.25, 0.3) is 0 Å². The highest BCUT2D eigenvalue weighted by molar-refractivity contribution is 5.41. The first kappa shape index (κ1) is 11.7. The molecule has 1 N–H and O–H groups in total. The fourth-order valence-electron chi connectivity index (χ4n) is 1.15. The van der Waals surface area contributed by atoms with Crippen molar-refractivity contribution in [1.29, 1.82) is 0 Å². The topological polar surface area (TPSA) is 12.0 Å². The van der Waals surface area contributed by atoms with Gasteiger partial charge >= 0.3 is 0 Å². The summed E-state index contributed by atoms with van der Waals surface area (Å²) in [6.07, 6.45) is -1.80. The van der Waals surface area contributed by atoms with Crippen molar-refractivity contribution in [2.75, 3.05) is 13.6 Å². The van der Waals surface area contributed by atoms with Gasteiger partial charge in [0.1, 0.15) is 0 Å². The summed E-state index contributed by atoms with van der Waals surface area (Å²) in [6.45, 7) is 0.768. The van der Waals surface area contributed by atoms with Crippen LogP contribution in [-0.4, -0.2) is 13.6 Å². The van der Waals surface area contributed by atoms with E-state index in [-0.39, 0.29) is 5.56 Å². The number of hydrogen-bond donors (Lipinski definition) is 1. The summed E-state index contributed by atoms with van der Waals surface area (Å²) in [5, 5.41) is 2.94. The first-order chi connectivity index (χ1) is 7.25. The number of benzene rings is 1. The van der Waals surface area contributed by atoms with Crippen LogP contribution in [0.4, 0.5) is 8.78 Å². The van der Waals surface area contributed by atoms with Crippen molar-refractivity contribution in [3.8, 4) is 11.8 Å². The first-order valence-corrected chi connectivity index (χ1v) is 4.76. The van der Waals surface area contributed by atoms with Crippen LogP contribution in [0.1, 0.15) is 24.0 Å². The van der Waals surface area contributed by atoms with Gasteiger partial charge in [0.2, 0.25) is 0 Å². The largest absolute Gasteiger partial charge is 0.319 e. The SMILES string of the molecule is CNCCC#Cc1ccccc1C(F)F. The zero-order valence-electron chi connectivity index (χ0n) is 8.56. The molecule has 0 spiro atoms. The molecule has 0 amide bonds. The van der Waals surface area contributed by atoms with E-state index in [4.69, 9.17) is 0 Å². The van der Waals surface area contributed by atoms with Crippen molar-refractivity contribution in [2.24, 2.45) is 0 Å². The lowest BCUT2D eigenvalue weighted by atomic mass is 10.1. The van der Waals surface area contributed by atoms with E-state index in [0.29, 0.717) is 12.0 Å². The molecule has 0 fully saturated rings. The molecule has 0 aliphatic heterocycles. The Morgan fingerprint density at radius 2 is 2.07 bits per heavy atom. The molecule has 0 heterocycles. The molecule has 80 valence electrons. The molecule has 1 aromatic rings. The molecular formula is C12H13F2N. The molecule has 0 aliphatic rings. The number of hydrogen-bond acceptors (Lipinski definition) is 1. The maximum absolute atomic E-state index is 12.5. The molecule has 0 saturated carbocycles. The number of halogens is 2. The molecule has 0 aromatic heterocycles. The normalized spacial score (nSPS) is 9.87. The van der Waals surface area contributed by atoms with E-state index in [1.807, 2.05) is 7.05 Å². The molecule has 0 aliphatic carbocycles. The molecule has 0 bridgehead atoms. The molecule has 15 heavy (non-hydrogen) atoms. The summed E-state index contributed by atoms with van der Waals surface area (Å²) >= 11 is 0. The molecule has 0 radical (unpaired) electrons. The van der Waals surface area contributed by atoms with Crippen molar-refractivity contribution in [3.63, 3.8) is 0 Å². The summed E-state index contributed by atoms with van der Waals surface area (Å²) in [4.78, 5) is 0. The minimum atomic E-state index is -2.46. The van der Waals surface area contributed by atoms with Gasteiger partial charge < -0.3 is 5.32 Å². The van der Waals surface area contributed by atoms with Gasteiger partial charge in [0, 0.05) is 24.1 Å². The van der Waals surface area contributed by atoms with Crippen molar-refractivity contribution in [3.05, 3.63) is 35.4 Å². The number of rotatable bonds is 3. The van der Waals surface area contributed by atoms with Crippen LogP contribution in [0.2, 0.25) is 0 Å². The molecule has 1 aromatic carbocycles. The van der Waals surface area contributed by atoms with Gasteiger partial charge in [-0.3, -0.25) is 0 Å². The van der Waals surface area contributed by atoms with E-state index in [1.165, 1.54) is 6.07 Å². The highest BCUT2D eigenvalue weighted by Crippen LogP contribution is 2.21. The van der Waals surface area contributed by atoms with Crippen LogP contribution in [0.5, 0.6) is 0 Å². The summed E-state index contributed by atoms with van der Waals surface area (Å²) in [5.74, 6) is 5.61. The van der Waals surface area contributed by atoms with Crippen molar-refractivity contribution in [2.45, 2.75) is 12.8 Å². The van der Waals surface area contributed by atoms with E-state index in [9.17, 15) is 8.78 Å². The molecule has 3 heteroatoms. The average molecular weight is 209 g/mol. The quantitative estimate of drug-likeness (QED) is 0.596. The van der Waals surface area contributed by atoms with Crippen LogP contribution in [0.15, 0.2) is 24.3 Å². The fourth-order valence-corrected chi connectivity index (χ4v) is 1.15. The predicted molar refractivity (Wildman–Crippen MR) is 56.8 cm³/mol. The second kappa shape index (κ2) is 6.15. The van der Waals surface area contributed by atoms with Crippen LogP contribution < -0.4 is 5.32 Å². The van der Waals surface area contributed by atoms with Gasteiger partial charge in [0.15, 0.2) is 0 Å². The lowest BCUT2D eigenvalue weighted by molar-refractivity contribution is 0.151. The van der Waals surface area contributed by atoms with Gasteiger partial charge in [-0.05, 0) is 13.1 Å². The van der Waals surface area contributed by atoms with Gasteiger partial charge in [-0.2, -0.15) is 0 Å². The minimum Gasteiger partial charge on any atom is -0.319 e. The van der Waals surface area contributed by atoms with Gasteiger partial charge in [0.05, 0.1) is 0 Å². The third kappa shape index (κ3) is 3.69. The van der Waals surface area contributed by atoms with Crippen LogP contribution in [-0.2, 0) is 0 Å². The molecule has 1 nitrogen and oxygen atoms in total. The molecule has 0 atom stereocenters. The Morgan fingerprint density at radius 1 is 1.33 bits per heavy atom. The minimum absolute atomic E-state index is 0.00876. The van der Waals surface area contributed by atoms with Crippen LogP contribution >= 0.6 is 0 Å². The Labute approximate surface area is 88.5 Å². The second-order valence-corrected chi connectivity index (χ2v) is 3.04. The van der Waals surface area contributed by atoms with Crippen LogP contribution in [0.3, 0.4) is 0 Å². The number of alkyl halides is 2. The smallest absolute Gasteiger partial charge is 0.265 e. The average Bonchev–Trinajstić information content (AvgIpc) is 2.25. The second-order valence-electron chi connectivity index (χ2n) is 3.04. The van der Waals surface area contributed by atoms with E-state index in [0.717, 1.165) is 6.54 Å². The summed E-state index contributed by atoms with van der Waals surface area (Å²) in [5.41, 5.74) is 0.429. The highest BCUT2D eigenvalue weighted by atomic mass is 19.3. The van der Waals surface area contributed by atoms with Crippen LogP contribution in [0, 0.1) is 11.8 Å². The Balaban J connectivity index is 2.78. The third-order valence-electron chi connectivity index (χ3n) is 1.92. The van der Waals surface area contributed by atoms with E-state index >= 15 is 0 Å². The lowest BCUT2D eigenvalue weighted by Gasteiger charge is -2.01. The Morgan fingerprint density at radius 3 is 2.73 bits per heavy atom.